The van der Waals surface area contributed by atoms with Crippen molar-refractivity contribution in [2.24, 2.45) is 4.99 Å². The molecule has 0 aliphatic carbocycles. The van der Waals surface area contributed by atoms with E-state index < -0.39 is 11.7 Å². The standard InChI is InChI=1S/C41H40ClF3N8O3/c1-23-16-33(52(20-25-6-10-28(54-4)11-7-25)21-26-8-12-29(55-5)13-9-26)51-37(35(23)41(43,44)45)31-18-32-34-38(36(31)42)49-22-50-40(34)53(14-15-56-32)24(2)30-17-27(47-3)19-48-39(30)46/h6-19,24,47,49H,20-22H2,1-5H3,(H2,46,48). The molecule has 11 nitrogen and oxygen atoms in total. The Morgan fingerprint density at radius 2 is 1.66 bits per heavy atom. The molecule has 2 aliphatic heterocycles. The molecule has 1 atom stereocenters. The molecule has 4 N–H and O–H groups in total. The number of alkyl halides is 3. The van der Waals surface area contributed by atoms with Gasteiger partial charge in [-0.05, 0) is 73.0 Å². The van der Waals surface area contributed by atoms with Crippen LogP contribution in [-0.2, 0) is 19.3 Å². The van der Waals surface area contributed by atoms with Gasteiger partial charge in [0.15, 0.2) is 0 Å². The maximum atomic E-state index is 15.1. The van der Waals surface area contributed by atoms with Gasteiger partial charge >= 0.3 is 6.18 Å². The van der Waals surface area contributed by atoms with Crippen LogP contribution in [0.4, 0.5) is 36.2 Å². The number of nitrogens with two attached hydrogens (primary N) is 1. The van der Waals surface area contributed by atoms with Crippen molar-refractivity contribution in [3.05, 3.63) is 124 Å². The maximum absolute atomic E-state index is 15.1. The first-order valence-corrected chi connectivity index (χ1v) is 18.1. The summed E-state index contributed by atoms with van der Waals surface area (Å²) in [6.45, 7) is 4.14. The van der Waals surface area contributed by atoms with E-state index in [0.717, 1.165) is 22.4 Å². The minimum atomic E-state index is -4.77. The number of nitrogens with zero attached hydrogens (tertiary/aromatic N) is 5. The zero-order chi connectivity index (χ0) is 39.7. The summed E-state index contributed by atoms with van der Waals surface area (Å²) >= 11 is 7.17. The molecule has 290 valence electrons. The maximum Gasteiger partial charge on any atom is 0.418 e. The topological polar surface area (TPSA) is 122 Å². The summed E-state index contributed by atoms with van der Waals surface area (Å²) in [7, 11) is 4.96. The van der Waals surface area contributed by atoms with Crippen LogP contribution in [0.2, 0.25) is 5.02 Å². The second-order valence-electron chi connectivity index (χ2n) is 13.3. The Balaban J connectivity index is 1.35. The third-order valence-electron chi connectivity index (χ3n) is 9.83. The van der Waals surface area contributed by atoms with E-state index in [4.69, 9.17) is 41.5 Å². The number of nitrogens with one attached hydrogen (secondary N) is 2. The number of aliphatic imine (C=N–C) groups is 1. The lowest BCUT2D eigenvalue weighted by molar-refractivity contribution is -0.137. The molecule has 0 fully saturated rings. The molecule has 2 aliphatic rings. The van der Waals surface area contributed by atoms with Crippen LogP contribution in [0.3, 0.4) is 0 Å². The molecule has 3 aromatic carbocycles. The van der Waals surface area contributed by atoms with Gasteiger partial charge in [-0.3, -0.25) is 0 Å². The van der Waals surface area contributed by atoms with Crippen LogP contribution < -0.4 is 35.5 Å². The molecule has 2 aromatic heterocycles. The number of methoxy groups -OCH3 is 2. The second kappa shape index (κ2) is 15.5. The van der Waals surface area contributed by atoms with Gasteiger partial charge in [0.2, 0.25) is 0 Å². The number of aryl methyl sites for hydroxylation is 1. The van der Waals surface area contributed by atoms with Gasteiger partial charge in [-0.15, -0.1) is 0 Å². The first kappa shape index (κ1) is 38.1. The SMILES string of the molecule is CNc1cnc(N)c(C(C)N2C=COc3cc(-c4nc(N(Cc5ccc(OC)cc5)Cc5ccc(OC)cc5)cc(C)c4C(F)(F)F)c(Cl)c4c3C2=NCN4)c1. The molecule has 7 rings (SSSR count). The van der Waals surface area contributed by atoms with Crippen LogP contribution in [0.25, 0.3) is 11.3 Å². The fourth-order valence-corrected chi connectivity index (χ4v) is 7.23. The zero-order valence-corrected chi connectivity index (χ0v) is 32.1. The molecule has 0 saturated heterocycles. The van der Waals surface area contributed by atoms with Crippen LogP contribution >= 0.6 is 11.6 Å². The number of nitrogen functional groups attached to an aromatic ring is 1. The van der Waals surface area contributed by atoms with Gasteiger partial charge in [0.1, 0.15) is 47.7 Å². The van der Waals surface area contributed by atoms with Gasteiger partial charge < -0.3 is 40.4 Å². The lowest BCUT2D eigenvalue weighted by Crippen LogP contribution is -2.33. The van der Waals surface area contributed by atoms with E-state index in [1.54, 1.807) is 33.7 Å². The zero-order valence-electron chi connectivity index (χ0n) is 31.3. The summed E-state index contributed by atoms with van der Waals surface area (Å²) in [5.41, 5.74) is 9.28. The number of halogens is 4. The molecule has 0 radical (unpaired) electrons. The number of anilines is 4. The van der Waals surface area contributed by atoms with E-state index in [1.807, 2.05) is 71.3 Å². The van der Waals surface area contributed by atoms with Crippen LogP contribution in [0.1, 0.15) is 46.3 Å². The number of hydrogen-bond donors (Lipinski definition) is 3. The van der Waals surface area contributed by atoms with Crippen molar-refractivity contribution >= 4 is 40.4 Å². The highest BCUT2D eigenvalue weighted by Crippen LogP contribution is 2.49. The second-order valence-corrected chi connectivity index (χ2v) is 13.7. The van der Waals surface area contributed by atoms with E-state index in [9.17, 15) is 0 Å². The highest BCUT2D eigenvalue weighted by Gasteiger charge is 2.39. The molecular weight excluding hydrogens is 745 g/mol. The number of rotatable bonds is 11. The number of pyridine rings is 2. The fourth-order valence-electron chi connectivity index (χ4n) is 6.93. The van der Waals surface area contributed by atoms with Crippen molar-refractivity contribution < 1.29 is 27.4 Å². The number of amidine groups is 1. The first-order valence-electron chi connectivity index (χ1n) is 17.7. The lowest BCUT2D eigenvalue weighted by atomic mass is 9.96. The summed E-state index contributed by atoms with van der Waals surface area (Å²) in [6, 6.07) is 19.5. The van der Waals surface area contributed by atoms with E-state index >= 15 is 13.2 Å². The Morgan fingerprint density at radius 1 is 1.02 bits per heavy atom. The van der Waals surface area contributed by atoms with Crippen molar-refractivity contribution in [2.75, 3.05) is 49.2 Å². The smallest absolute Gasteiger partial charge is 0.418 e. The summed E-state index contributed by atoms with van der Waals surface area (Å²) in [4.78, 5) is 17.7. The third kappa shape index (κ3) is 7.44. The van der Waals surface area contributed by atoms with E-state index in [-0.39, 0.29) is 40.3 Å². The predicted octanol–water partition coefficient (Wildman–Crippen LogP) is 9.03. The number of benzene rings is 3. The first-order chi connectivity index (χ1) is 26.9. The molecule has 1 unspecified atom stereocenters. The highest BCUT2D eigenvalue weighted by molar-refractivity contribution is 6.37. The van der Waals surface area contributed by atoms with Crippen LogP contribution in [-0.4, -0.2) is 48.6 Å². The Kier molecular flexibility index (Phi) is 10.6. The average molecular weight is 785 g/mol. The minimum absolute atomic E-state index is 0.0161. The largest absolute Gasteiger partial charge is 0.497 e. The van der Waals surface area contributed by atoms with Gasteiger partial charge in [-0.25, -0.2) is 15.0 Å². The van der Waals surface area contributed by atoms with Gasteiger partial charge in [-0.2, -0.15) is 13.2 Å². The minimum Gasteiger partial charge on any atom is -0.497 e. The van der Waals surface area contributed by atoms with Gasteiger partial charge in [0.25, 0.3) is 0 Å². The van der Waals surface area contributed by atoms with Crippen molar-refractivity contribution in [1.82, 2.24) is 14.9 Å². The van der Waals surface area contributed by atoms with Gasteiger partial charge in [0.05, 0.1) is 59.7 Å². The lowest BCUT2D eigenvalue weighted by Gasteiger charge is -2.32. The molecule has 15 heteroatoms. The molecule has 0 amide bonds. The summed E-state index contributed by atoms with van der Waals surface area (Å²) in [5, 5.41) is 6.31. The van der Waals surface area contributed by atoms with Crippen LogP contribution in [0.15, 0.2) is 90.4 Å². The van der Waals surface area contributed by atoms with Crippen LogP contribution in [0.5, 0.6) is 17.2 Å². The highest BCUT2D eigenvalue weighted by atomic mass is 35.5. The summed E-state index contributed by atoms with van der Waals surface area (Å²) < 4.78 is 62.2. The van der Waals surface area contributed by atoms with E-state index in [0.29, 0.717) is 53.3 Å². The normalized spacial score (nSPS) is 13.8. The fraction of sp³-hybridized carbons (Fsp3) is 0.244. The van der Waals surface area contributed by atoms with Crippen molar-refractivity contribution in [2.45, 2.75) is 39.2 Å². The molecule has 5 aromatic rings. The van der Waals surface area contributed by atoms with Crippen molar-refractivity contribution in [1.29, 1.82) is 0 Å². The molecule has 0 spiro atoms. The summed E-state index contributed by atoms with van der Waals surface area (Å²) in [5.74, 6) is 2.78. The van der Waals surface area contributed by atoms with Crippen molar-refractivity contribution in [3.8, 4) is 28.5 Å². The molecule has 0 bridgehead atoms. The third-order valence-corrected chi connectivity index (χ3v) is 10.2. The monoisotopic (exact) mass is 784 g/mol. The van der Waals surface area contributed by atoms with E-state index in [2.05, 4.69) is 15.6 Å². The van der Waals surface area contributed by atoms with Gasteiger partial charge in [0, 0.05) is 37.5 Å². The Bertz CT molecular complexity index is 2270. The average Bonchev–Trinajstić information content (AvgIpc) is 3.38. The Morgan fingerprint density at radius 3 is 2.25 bits per heavy atom. The Hall–Kier alpha value is -6.15. The number of hydrogen-bond acceptors (Lipinski definition) is 11. The molecule has 4 heterocycles. The quantitative estimate of drug-likeness (QED) is 0.120. The molecular formula is C41H40ClF3N8O3. The Labute approximate surface area is 327 Å². The number of ether oxygens (including phenoxy) is 3. The van der Waals surface area contributed by atoms with Gasteiger partial charge in [-0.1, -0.05) is 35.9 Å². The van der Waals surface area contributed by atoms with Crippen LogP contribution in [0, 0.1) is 6.92 Å². The van der Waals surface area contributed by atoms with E-state index in [1.165, 1.54) is 25.3 Å². The molecule has 0 saturated carbocycles. The predicted molar refractivity (Wildman–Crippen MR) is 214 cm³/mol. The van der Waals surface area contributed by atoms with Crippen molar-refractivity contribution in [3.63, 3.8) is 0 Å². The number of aromatic nitrogens is 2. The molecule has 56 heavy (non-hydrogen) atoms. The summed E-state index contributed by atoms with van der Waals surface area (Å²) in [6.07, 6.45) is 0.0401.